The molecule has 0 aliphatic rings. The molecule has 0 N–H and O–H groups in total. The number of hydrogen-bond acceptors (Lipinski definition) is 1. The normalized spacial score (nSPS) is 11.3. The SMILES string of the molecule is O=c1c2cccn2c2ccccc2n1CCCc1ccccc1. The van der Waals surface area contributed by atoms with Gasteiger partial charge in [0.2, 0.25) is 0 Å². The van der Waals surface area contributed by atoms with Crippen LogP contribution in [0.3, 0.4) is 0 Å². The Kier molecular flexibility index (Phi) is 3.46. The van der Waals surface area contributed by atoms with E-state index in [0.29, 0.717) is 0 Å². The predicted octanol–water partition coefficient (Wildman–Crippen LogP) is 3.89. The Labute approximate surface area is 134 Å². The number of aryl methyl sites for hydroxylation is 2. The molecule has 4 aromatic rings. The van der Waals surface area contributed by atoms with Gasteiger partial charge in [0.05, 0.1) is 11.0 Å². The van der Waals surface area contributed by atoms with E-state index in [1.54, 1.807) is 0 Å². The molecule has 0 aliphatic heterocycles. The van der Waals surface area contributed by atoms with E-state index in [0.717, 1.165) is 35.9 Å². The summed E-state index contributed by atoms with van der Waals surface area (Å²) in [6, 6.07) is 22.3. The van der Waals surface area contributed by atoms with Gasteiger partial charge in [0.25, 0.3) is 5.56 Å². The van der Waals surface area contributed by atoms with Crippen LogP contribution < -0.4 is 5.56 Å². The molecular formula is C20H18N2O. The van der Waals surface area contributed by atoms with Gasteiger partial charge < -0.3 is 8.97 Å². The molecular weight excluding hydrogens is 284 g/mol. The average Bonchev–Trinajstić information content (AvgIpc) is 3.09. The summed E-state index contributed by atoms with van der Waals surface area (Å²) < 4.78 is 3.89. The van der Waals surface area contributed by atoms with Gasteiger partial charge in [0, 0.05) is 12.7 Å². The molecule has 0 fully saturated rings. The second kappa shape index (κ2) is 5.76. The lowest BCUT2D eigenvalue weighted by molar-refractivity contribution is 0.642. The van der Waals surface area contributed by atoms with Crippen molar-refractivity contribution >= 4 is 16.6 Å². The second-order valence-electron chi connectivity index (χ2n) is 5.80. The van der Waals surface area contributed by atoms with Crippen molar-refractivity contribution in [3.63, 3.8) is 0 Å². The lowest BCUT2D eigenvalue weighted by Crippen LogP contribution is -2.23. The van der Waals surface area contributed by atoms with E-state index >= 15 is 0 Å². The van der Waals surface area contributed by atoms with Gasteiger partial charge in [-0.15, -0.1) is 0 Å². The Morgan fingerprint density at radius 3 is 2.26 bits per heavy atom. The number of nitrogens with zero attached hydrogens (tertiary/aromatic N) is 2. The smallest absolute Gasteiger partial charge is 0.275 e. The molecule has 0 bridgehead atoms. The van der Waals surface area contributed by atoms with Crippen LogP contribution in [0.2, 0.25) is 0 Å². The third kappa shape index (κ3) is 2.44. The van der Waals surface area contributed by atoms with Crippen LogP contribution in [0.1, 0.15) is 12.0 Å². The van der Waals surface area contributed by atoms with E-state index < -0.39 is 0 Å². The summed E-state index contributed by atoms with van der Waals surface area (Å²) in [4.78, 5) is 12.8. The monoisotopic (exact) mass is 302 g/mol. The highest BCUT2D eigenvalue weighted by Crippen LogP contribution is 2.15. The fourth-order valence-corrected chi connectivity index (χ4v) is 3.22. The number of fused-ring (bicyclic) bond motifs is 3. The zero-order valence-corrected chi connectivity index (χ0v) is 12.9. The molecule has 0 saturated carbocycles. The van der Waals surface area contributed by atoms with Crippen molar-refractivity contribution in [1.82, 2.24) is 8.97 Å². The van der Waals surface area contributed by atoms with Crippen LogP contribution in [0.4, 0.5) is 0 Å². The Balaban J connectivity index is 1.73. The topological polar surface area (TPSA) is 26.4 Å². The van der Waals surface area contributed by atoms with E-state index in [2.05, 4.69) is 30.3 Å². The molecule has 4 rings (SSSR count). The van der Waals surface area contributed by atoms with Crippen LogP contribution in [0, 0.1) is 0 Å². The van der Waals surface area contributed by atoms with Crippen molar-refractivity contribution in [3.8, 4) is 0 Å². The van der Waals surface area contributed by atoms with Crippen molar-refractivity contribution in [2.45, 2.75) is 19.4 Å². The van der Waals surface area contributed by atoms with Crippen molar-refractivity contribution < 1.29 is 0 Å². The minimum atomic E-state index is 0.0850. The number of para-hydroxylation sites is 2. The maximum Gasteiger partial charge on any atom is 0.275 e. The van der Waals surface area contributed by atoms with E-state index in [-0.39, 0.29) is 5.56 Å². The van der Waals surface area contributed by atoms with Crippen LogP contribution in [-0.4, -0.2) is 8.97 Å². The minimum Gasteiger partial charge on any atom is -0.310 e. The molecule has 2 aromatic heterocycles. The molecule has 23 heavy (non-hydrogen) atoms. The molecule has 0 saturated heterocycles. The Bertz CT molecular complexity index is 1010. The van der Waals surface area contributed by atoms with Gasteiger partial charge >= 0.3 is 0 Å². The summed E-state index contributed by atoms with van der Waals surface area (Å²) in [6.07, 6.45) is 3.88. The average molecular weight is 302 g/mol. The zero-order chi connectivity index (χ0) is 15.6. The lowest BCUT2D eigenvalue weighted by atomic mass is 10.1. The van der Waals surface area contributed by atoms with Crippen LogP contribution in [0.25, 0.3) is 16.6 Å². The maximum atomic E-state index is 12.8. The van der Waals surface area contributed by atoms with Gasteiger partial charge in [-0.3, -0.25) is 4.79 Å². The summed E-state index contributed by atoms with van der Waals surface area (Å²) >= 11 is 0. The molecule has 2 heterocycles. The van der Waals surface area contributed by atoms with Crippen molar-refractivity contribution in [2.75, 3.05) is 0 Å². The molecule has 3 nitrogen and oxygen atoms in total. The number of benzene rings is 2. The van der Waals surface area contributed by atoms with E-state index in [1.165, 1.54) is 5.56 Å². The van der Waals surface area contributed by atoms with Crippen LogP contribution >= 0.6 is 0 Å². The molecule has 0 aliphatic carbocycles. The van der Waals surface area contributed by atoms with Gasteiger partial charge in [0.1, 0.15) is 5.52 Å². The Morgan fingerprint density at radius 2 is 1.43 bits per heavy atom. The van der Waals surface area contributed by atoms with Gasteiger partial charge in [-0.2, -0.15) is 0 Å². The Morgan fingerprint density at radius 1 is 0.739 bits per heavy atom. The van der Waals surface area contributed by atoms with E-state index in [4.69, 9.17) is 0 Å². The summed E-state index contributed by atoms with van der Waals surface area (Å²) in [7, 11) is 0. The first-order valence-corrected chi connectivity index (χ1v) is 7.97. The fraction of sp³-hybridized carbons (Fsp3) is 0.150. The molecule has 0 unspecified atom stereocenters. The van der Waals surface area contributed by atoms with E-state index in [9.17, 15) is 4.79 Å². The molecule has 3 heteroatoms. The zero-order valence-electron chi connectivity index (χ0n) is 12.9. The van der Waals surface area contributed by atoms with Gasteiger partial charge in [0.15, 0.2) is 0 Å². The standard InChI is InChI=1S/C20H18N2O/c23-20-19-13-7-14-21(19)17-11-4-5-12-18(17)22(20)15-6-10-16-8-2-1-3-9-16/h1-5,7-9,11-14H,6,10,15H2. The molecule has 0 spiro atoms. The third-order valence-electron chi connectivity index (χ3n) is 4.34. The summed E-state index contributed by atoms with van der Waals surface area (Å²) in [6.45, 7) is 0.732. The van der Waals surface area contributed by atoms with Crippen LogP contribution in [-0.2, 0) is 13.0 Å². The first-order chi connectivity index (χ1) is 11.3. The van der Waals surface area contributed by atoms with Crippen LogP contribution in [0.15, 0.2) is 77.7 Å². The number of rotatable bonds is 4. The third-order valence-corrected chi connectivity index (χ3v) is 4.34. The largest absolute Gasteiger partial charge is 0.310 e. The molecule has 0 atom stereocenters. The predicted molar refractivity (Wildman–Crippen MR) is 93.9 cm³/mol. The van der Waals surface area contributed by atoms with Gasteiger partial charge in [-0.25, -0.2) is 0 Å². The van der Waals surface area contributed by atoms with Gasteiger partial charge in [-0.1, -0.05) is 42.5 Å². The summed E-state index contributed by atoms with van der Waals surface area (Å²) in [5, 5.41) is 0. The highest BCUT2D eigenvalue weighted by atomic mass is 16.1. The fourth-order valence-electron chi connectivity index (χ4n) is 3.22. The number of aromatic nitrogens is 2. The van der Waals surface area contributed by atoms with Crippen LogP contribution in [0.5, 0.6) is 0 Å². The summed E-state index contributed by atoms with van der Waals surface area (Å²) in [5.41, 5.74) is 4.21. The van der Waals surface area contributed by atoms with Crippen molar-refractivity contribution in [3.05, 3.63) is 88.8 Å². The summed E-state index contributed by atoms with van der Waals surface area (Å²) in [5.74, 6) is 0. The maximum absolute atomic E-state index is 12.8. The highest BCUT2D eigenvalue weighted by Gasteiger charge is 2.09. The first kappa shape index (κ1) is 13.8. The van der Waals surface area contributed by atoms with Crippen molar-refractivity contribution in [2.24, 2.45) is 0 Å². The van der Waals surface area contributed by atoms with Gasteiger partial charge in [-0.05, 0) is 42.7 Å². The Hall–Kier alpha value is -2.81. The highest BCUT2D eigenvalue weighted by molar-refractivity contribution is 5.78. The van der Waals surface area contributed by atoms with Crippen molar-refractivity contribution in [1.29, 1.82) is 0 Å². The minimum absolute atomic E-state index is 0.0850. The first-order valence-electron chi connectivity index (χ1n) is 7.97. The quantitative estimate of drug-likeness (QED) is 0.562. The molecule has 0 radical (unpaired) electrons. The molecule has 2 aromatic carbocycles. The number of hydrogen-bond donors (Lipinski definition) is 0. The lowest BCUT2D eigenvalue weighted by Gasteiger charge is -2.12. The molecule has 0 amide bonds. The molecule has 114 valence electrons. The second-order valence-corrected chi connectivity index (χ2v) is 5.80. The van der Waals surface area contributed by atoms with E-state index in [1.807, 2.05) is 51.6 Å².